The lowest BCUT2D eigenvalue weighted by atomic mass is 9.87. The fraction of sp³-hybridized carbons (Fsp3) is 0.667. The number of morpholine rings is 1. The van der Waals surface area contributed by atoms with Crippen LogP contribution in [-0.2, 0) is 14.3 Å². The quantitative estimate of drug-likeness (QED) is 0.833. The van der Waals surface area contributed by atoms with Crippen LogP contribution in [-0.4, -0.2) is 42.7 Å². The first-order valence-electron chi connectivity index (χ1n) is 9.62. The molecule has 2 fully saturated rings. The van der Waals surface area contributed by atoms with E-state index in [1.54, 1.807) is 0 Å². The average Bonchev–Trinajstić information content (AvgIpc) is 2.63. The molecule has 25 heavy (non-hydrogen) atoms. The topological polar surface area (TPSA) is 38.8 Å². The Bertz CT molecular complexity index is 560. The van der Waals surface area contributed by atoms with Crippen molar-refractivity contribution in [2.45, 2.75) is 58.3 Å². The molecule has 2 aliphatic rings. The molecule has 0 unspecified atom stereocenters. The maximum Gasteiger partial charge on any atom is 0.223 e. The number of rotatable bonds is 4. The van der Waals surface area contributed by atoms with Crippen molar-refractivity contribution in [3.05, 3.63) is 35.9 Å². The molecule has 138 valence electrons. The second kappa shape index (κ2) is 8.33. The SMILES string of the molecule is CC(C)[C@@H]1C[C@H](CC(=O)N2C[C@@H](c3ccccc3)OC[C@H]2C)CCO1. The summed E-state index contributed by atoms with van der Waals surface area (Å²) in [4.78, 5) is 15.0. The molecule has 0 N–H and O–H groups in total. The van der Waals surface area contributed by atoms with E-state index in [1.165, 1.54) is 0 Å². The molecule has 0 bridgehead atoms. The van der Waals surface area contributed by atoms with E-state index in [-0.39, 0.29) is 18.1 Å². The van der Waals surface area contributed by atoms with Crippen LogP contribution in [0.3, 0.4) is 0 Å². The highest BCUT2D eigenvalue weighted by atomic mass is 16.5. The van der Waals surface area contributed by atoms with Crippen molar-refractivity contribution in [1.29, 1.82) is 0 Å². The highest BCUT2D eigenvalue weighted by Gasteiger charge is 2.33. The van der Waals surface area contributed by atoms with Crippen LogP contribution >= 0.6 is 0 Å². The molecule has 4 atom stereocenters. The van der Waals surface area contributed by atoms with Gasteiger partial charge < -0.3 is 14.4 Å². The van der Waals surface area contributed by atoms with E-state index >= 15 is 0 Å². The van der Waals surface area contributed by atoms with E-state index in [4.69, 9.17) is 9.47 Å². The van der Waals surface area contributed by atoms with E-state index in [9.17, 15) is 4.79 Å². The lowest BCUT2D eigenvalue weighted by molar-refractivity contribution is -0.146. The van der Waals surface area contributed by atoms with Gasteiger partial charge >= 0.3 is 0 Å². The van der Waals surface area contributed by atoms with Crippen molar-refractivity contribution in [2.24, 2.45) is 11.8 Å². The van der Waals surface area contributed by atoms with Crippen molar-refractivity contribution in [3.8, 4) is 0 Å². The summed E-state index contributed by atoms with van der Waals surface area (Å²) in [5, 5.41) is 0. The van der Waals surface area contributed by atoms with Crippen LogP contribution in [0.4, 0.5) is 0 Å². The van der Waals surface area contributed by atoms with Gasteiger partial charge in [-0.1, -0.05) is 44.2 Å². The monoisotopic (exact) mass is 345 g/mol. The fourth-order valence-electron chi connectivity index (χ4n) is 3.89. The minimum atomic E-state index is -0.0144. The number of ether oxygens (including phenoxy) is 2. The Labute approximate surface area is 151 Å². The molecule has 3 rings (SSSR count). The molecule has 0 aliphatic carbocycles. The van der Waals surface area contributed by atoms with Gasteiger partial charge in [-0.25, -0.2) is 0 Å². The number of benzene rings is 1. The maximum absolute atomic E-state index is 13.0. The van der Waals surface area contributed by atoms with Crippen molar-refractivity contribution in [1.82, 2.24) is 4.90 Å². The van der Waals surface area contributed by atoms with Gasteiger partial charge in [0.15, 0.2) is 0 Å². The molecule has 4 heteroatoms. The van der Waals surface area contributed by atoms with Gasteiger partial charge in [0, 0.05) is 13.0 Å². The molecule has 0 saturated carbocycles. The predicted molar refractivity (Wildman–Crippen MR) is 98.2 cm³/mol. The smallest absolute Gasteiger partial charge is 0.223 e. The van der Waals surface area contributed by atoms with Crippen LogP contribution in [0.15, 0.2) is 30.3 Å². The van der Waals surface area contributed by atoms with Crippen LogP contribution in [0, 0.1) is 11.8 Å². The Kier molecular flexibility index (Phi) is 6.13. The summed E-state index contributed by atoms with van der Waals surface area (Å²) in [7, 11) is 0. The van der Waals surface area contributed by atoms with Gasteiger partial charge in [-0.3, -0.25) is 4.79 Å². The molecule has 2 aliphatic heterocycles. The number of carbonyl (C=O) groups excluding carboxylic acids is 1. The van der Waals surface area contributed by atoms with Gasteiger partial charge in [0.1, 0.15) is 6.10 Å². The number of hydrogen-bond donors (Lipinski definition) is 0. The third kappa shape index (κ3) is 4.62. The standard InChI is InChI=1S/C21H31NO3/c1-15(2)19-11-17(9-10-24-19)12-21(23)22-13-20(25-14-16(22)3)18-7-5-4-6-8-18/h4-8,15-17,19-20H,9-14H2,1-3H3/t16-,17-,19+,20+/m1/s1. The summed E-state index contributed by atoms with van der Waals surface area (Å²) in [6.07, 6.45) is 2.92. The zero-order chi connectivity index (χ0) is 17.8. The van der Waals surface area contributed by atoms with Crippen molar-refractivity contribution >= 4 is 5.91 Å². The largest absolute Gasteiger partial charge is 0.378 e. The number of carbonyl (C=O) groups is 1. The van der Waals surface area contributed by atoms with Gasteiger partial charge in [-0.05, 0) is 37.2 Å². The minimum absolute atomic E-state index is 0.0144. The summed E-state index contributed by atoms with van der Waals surface area (Å²) in [5.74, 6) is 1.23. The maximum atomic E-state index is 13.0. The Morgan fingerprint density at radius 1 is 1.24 bits per heavy atom. The normalized spacial score (nSPS) is 30.5. The first-order valence-corrected chi connectivity index (χ1v) is 9.62. The summed E-state index contributed by atoms with van der Waals surface area (Å²) < 4.78 is 11.8. The summed E-state index contributed by atoms with van der Waals surface area (Å²) >= 11 is 0. The molecule has 2 heterocycles. The van der Waals surface area contributed by atoms with Crippen LogP contribution in [0.25, 0.3) is 0 Å². The molecule has 1 aromatic carbocycles. The van der Waals surface area contributed by atoms with Crippen LogP contribution in [0.5, 0.6) is 0 Å². The van der Waals surface area contributed by atoms with Gasteiger partial charge in [-0.15, -0.1) is 0 Å². The van der Waals surface area contributed by atoms with Gasteiger partial charge in [0.05, 0.1) is 25.3 Å². The van der Waals surface area contributed by atoms with E-state index in [2.05, 4.69) is 32.9 Å². The first-order chi connectivity index (χ1) is 12.0. The summed E-state index contributed by atoms with van der Waals surface area (Å²) in [6, 6.07) is 10.4. The Morgan fingerprint density at radius 2 is 2.00 bits per heavy atom. The number of amides is 1. The van der Waals surface area contributed by atoms with Gasteiger partial charge in [0.25, 0.3) is 0 Å². The Hall–Kier alpha value is -1.39. The molecule has 4 nitrogen and oxygen atoms in total. The molecule has 1 aromatic rings. The van der Waals surface area contributed by atoms with Crippen LogP contribution in [0.2, 0.25) is 0 Å². The molecule has 0 aromatic heterocycles. The Balaban J connectivity index is 1.60. The molecule has 2 saturated heterocycles. The average molecular weight is 345 g/mol. The van der Waals surface area contributed by atoms with Crippen LogP contribution < -0.4 is 0 Å². The number of nitrogens with zero attached hydrogens (tertiary/aromatic N) is 1. The van der Waals surface area contributed by atoms with Gasteiger partial charge in [-0.2, -0.15) is 0 Å². The second-order valence-corrected chi connectivity index (χ2v) is 7.88. The summed E-state index contributed by atoms with van der Waals surface area (Å²) in [5.41, 5.74) is 1.15. The minimum Gasteiger partial charge on any atom is -0.378 e. The van der Waals surface area contributed by atoms with E-state index in [0.29, 0.717) is 37.5 Å². The summed E-state index contributed by atoms with van der Waals surface area (Å²) in [6.45, 7) is 8.52. The lowest BCUT2D eigenvalue weighted by Gasteiger charge is -2.39. The van der Waals surface area contributed by atoms with Crippen molar-refractivity contribution in [3.63, 3.8) is 0 Å². The number of hydrogen-bond acceptors (Lipinski definition) is 3. The fourth-order valence-corrected chi connectivity index (χ4v) is 3.89. The zero-order valence-corrected chi connectivity index (χ0v) is 15.7. The second-order valence-electron chi connectivity index (χ2n) is 7.88. The molecule has 1 amide bonds. The molecule has 0 spiro atoms. The first kappa shape index (κ1) is 18.4. The van der Waals surface area contributed by atoms with E-state index in [0.717, 1.165) is 25.0 Å². The molecule has 0 radical (unpaired) electrons. The Morgan fingerprint density at radius 3 is 2.72 bits per heavy atom. The molecular formula is C21H31NO3. The van der Waals surface area contributed by atoms with E-state index < -0.39 is 0 Å². The van der Waals surface area contributed by atoms with Crippen LogP contribution in [0.1, 0.15) is 51.7 Å². The highest BCUT2D eigenvalue weighted by molar-refractivity contribution is 5.77. The highest BCUT2D eigenvalue weighted by Crippen LogP contribution is 2.30. The van der Waals surface area contributed by atoms with Crippen molar-refractivity contribution in [2.75, 3.05) is 19.8 Å². The third-order valence-corrected chi connectivity index (χ3v) is 5.56. The van der Waals surface area contributed by atoms with Crippen molar-refractivity contribution < 1.29 is 14.3 Å². The lowest BCUT2D eigenvalue weighted by Crippen LogP contribution is -2.49. The van der Waals surface area contributed by atoms with E-state index in [1.807, 2.05) is 23.1 Å². The molecular weight excluding hydrogens is 314 g/mol. The predicted octanol–water partition coefficient (Wildman–Crippen LogP) is 3.82. The third-order valence-electron chi connectivity index (χ3n) is 5.56. The zero-order valence-electron chi connectivity index (χ0n) is 15.7. The van der Waals surface area contributed by atoms with Gasteiger partial charge in [0.2, 0.25) is 5.91 Å².